The van der Waals surface area contributed by atoms with Crippen molar-refractivity contribution in [1.82, 2.24) is 0 Å². The predicted molar refractivity (Wildman–Crippen MR) is 93.8 cm³/mol. The lowest BCUT2D eigenvalue weighted by Gasteiger charge is -2.10. The average molecular weight is 378 g/mol. The number of ether oxygens (including phenoxy) is 4. The molecule has 0 aliphatic carbocycles. The fraction of sp³-hybridized carbons (Fsp3) is 0.222. The van der Waals surface area contributed by atoms with Gasteiger partial charge in [0.25, 0.3) is 5.91 Å². The molecule has 136 valence electrons. The summed E-state index contributed by atoms with van der Waals surface area (Å²) in [6.45, 7) is 1.23. The van der Waals surface area contributed by atoms with Crippen molar-refractivity contribution in [2.75, 3.05) is 25.3 Å². The summed E-state index contributed by atoms with van der Waals surface area (Å²) in [6, 6.07) is 10.0. The van der Waals surface area contributed by atoms with Gasteiger partial charge in [-0.05, 0) is 42.8 Å². The fourth-order valence-electron chi connectivity index (χ4n) is 2.27. The summed E-state index contributed by atoms with van der Waals surface area (Å²) in [5.74, 6) is 0.562. The molecule has 1 heterocycles. The van der Waals surface area contributed by atoms with Crippen LogP contribution >= 0.6 is 11.6 Å². The van der Waals surface area contributed by atoms with E-state index in [-0.39, 0.29) is 13.4 Å². The second-order valence-electron chi connectivity index (χ2n) is 5.48. The number of anilines is 1. The molecule has 1 aliphatic rings. The monoisotopic (exact) mass is 377 g/mol. The number of rotatable bonds is 6. The summed E-state index contributed by atoms with van der Waals surface area (Å²) in [5, 5.41) is 3.19. The Labute approximate surface area is 154 Å². The molecule has 0 saturated carbocycles. The van der Waals surface area contributed by atoms with Crippen LogP contribution in [0.25, 0.3) is 0 Å². The summed E-state index contributed by atoms with van der Waals surface area (Å²) < 4.78 is 20.7. The summed E-state index contributed by atoms with van der Waals surface area (Å²) in [4.78, 5) is 23.6. The van der Waals surface area contributed by atoms with Crippen molar-refractivity contribution in [3.05, 3.63) is 47.0 Å². The van der Waals surface area contributed by atoms with E-state index in [0.29, 0.717) is 28.0 Å². The maximum absolute atomic E-state index is 11.9. The van der Waals surface area contributed by atoms with E-state index in [2.05, 4.69) is 5.32 Å². The third-order valence-electron chi connectivity index (χ3n) is 3.50. The first-order chi connectivity index (χ1) is 12.5. The second-order valence-corrected chi connectivity index (χ2v) is 5.91. The minimum atomic E-state index is -0.653. The Kier molecular flexibility index (Phi) is 5.48. The van der Waals surface area contributed by atoms with E-state index in [1.807, 2.05) is 6.92 Å². The highest BCUT2D eigenvalue weighted by atomic mass is 35.5. The minimum absolute atomic E-state index is 0.150. The van der Waals surface area contributed by atoms with Crippen LogP contribution in [0.15, 0.2) is 36.4 Å². The first-order valence-electron chi connectivity index (χ1n) is 7.75. The maximum atomic E-state index is 11.9. The molecule has 3 rings (SSSR count). The average Bonchev–Trinajstić information content (AvgIpc) is 3.07. The Hall–Kier alpha value is -2.93. The maximum Gasteiger partial charge on any atom is 0.344 e. The Bertz CT molecular complexity index is 838. The van der Waals surface area contributed by atoms with Crippen LogP contribution in [0.3, 0.4) is 0 Å². The van der Waals surface area contributed by atoms with Crippen LogP contribution in [0.5, 0.6) is 17.2 Å². The van der Waals surface area contributed by atoms with Crippen LogP contribution < -0.4 is 19.5 Å². The van der Waals surface area contributed by atoms with E-state index in [1.54, 1.807) is 36.4 Å². The number of carbonyl (C=O) groups excluding carboxylic acids is 2. The molecule has 0 radical (unpaired) electrons. The van der Waals surface area contributed by atoms with Crippen molar-refractivity contribution in [3.8, 4) is 17.2 Å². The van der Waals surface area contributed by atoms with Crippen LogP contribution in [0.4, 0.5) is 5.69 Å². The highest BCUT2D eigenvalue weighted by molar-refractivity contribution is 6.30. The van der Waals surface area contributed by atoms with Crippen molar-refractivity contribution in [1.29, 1.82) is 0 Å². The SMILES string of the molecule is Cc1cc(Cl)ccc1OCC(=O)OCC(=O)Nc1ccc2c(c1)OCO2. The molecule has 1 N–H and O–H groups in total. The Morgan fingerprint density at radius 2 is 1.92 bits per heavy atom. The molecular formula is C18H16ClNO6. The molecule has 0 atom stereocenters. The van der Waals surface area contributed by atoms with Gasteiger partial charge in [-0.3, -0.25) is 4.79 Å². The quantitative estimate of drug-likeness (QED) is 0.779. The number of hydrogen-bond donors (Lipinski definition) is 1. The molecule has 2 aromatic carbocycles. The molecule has 7 nitrogen and oxygen atoms in total. The van der Waals surface area contributed by atoms with E-state index >= 15 is 0 Å². The van der Waals surface area contributed by atoms with Crippen LogP contribution in [-0.4, -0.2) is 31.9 Å². The minimum Gasteiger partial charge on any atom is -0.482 e. The van der Waals surface area contributed by atoms with Gasteiger partial charge < -0.3 is 24.3 Å². The molecule has 0 fully saturated rings. The first kappa shape index (κ1) is 17.9. The number of nitrogens with one attached hydrogen (secondary N) is 1. The van der Waals surface area contributed by atoms with Gasteiger partial charge in [0.2, 0.25) is 6.79 Å². The number of hydrogen-bond acceptors (Lipinski definition) is 6. The van der Waals surface area contributed by atoms with Crippen molar-refractivity contribution in [3.63, 3.8) is 0 Å². The Balaban J connectivity index is 1.43. The van der Waals surface area contributed by atoms with Crippen molar-refractivity contribution in [2.45, 2.75) is 6.92 Å². The lowest BCUT2D eigenvalue weighted by Crippen LogP contribution is -2.23. The van der Waals surface area contributed by atoms with Crippen molar-refractivity contribution >= 4 is 29.2 Å². The topological polar surface area (TPSA) is 83.1 Å². The van der Waals surface area contributed by atoms with Gasteiger partial charge in [-0.25, -0.2) is 4.79 Å². The molecule has 0 aromatic heterocycles. The number of carbonyl (C=O) groups is 2. The zero-order chi connectivity index (χ0) is 18.5. The van der Waals surface area contributed by atoms with E-state index in [9.17, 15) is 9.59 Å². The molecule has 8 heteroatoms. The van der Waals surface area contributed by atoms with E-state index in [4.69, 9.17) is 30.5 Å². The van der Waals surface area contributed by atoms with Gasteiger partial charge in [0.15, 0.2) is 24.7 Å². The number of halogens is 1. The summed E-state index contributed by atoms with van der Waals surface area (Å²) in [7, 11) is 0. The number of amides is 1. The molecule has 1 amide bonds. The summed E-state index contributed by atoms with van der Waals surface area (Å²) >= 11 is 5.86. The Morgan fingerprint density at radius 1 is 1.12 bits per heavy atom. The third-order valence-corrected chi connectivity index (χ3v) is 3.74. The van der Waals surface area contributed by atoms with E-state index in [1.165, 1.54) is 0 Å². The standard InChI is InChI=1S/C18H16ClNO6/c1-11-6-12(19)2-4-14(11)23-9-18(22)24-8-17(21)20-13-3-5-15-16(7-13)26-10-25-15/h2-7H,8-10H2,1H3,(H,20,21). The molecule has 0 bridgehead atoms. The second kappa shape index (κ2) is 7.97. The molecular weight excluding hydrogens is 362 g/mol. The first-order valence-corrected chi connectivity index (χ1v) is 8.13. The van der Waals surface area contributed by atoms with Gasteiger partial charge in [0.05, 0.1) is 0 Å². The molecule has 0 spiro atoms. The van der Waals surface area contributed by atoms with E-state index in [0.717, 1.165) is 5.56 Å². The van der Waals surface area contributed by atoms with Crippen LogP contribution in [-0.2, 0) is 14.3 Å². The molecule has 0 unspecified atom stereocenters. The number of benzene rings is 2. The van der Waals surface area contributed by atoms with E-state index < -0.39 is 18.5 Å². The lowest BCUT2D eigenvalue weighted by molar-refractivity contribution is -0.149. The van der Waals surface area contributed by atoms with Gasteiger partial charge in [-0.15, -0.1) is 0 Å². The zero-order valence-electron chi connectivity index (χ0n) is 13.9. The number of aryl methyl sites for hydroxylation is 1. The molecule has 26 heavy (non-hydrogen) atoms. The number of esters is 1. The summed E-state index contributed by atoms with van der Waals surface area (Å²) in [6.07, 6.45) is 0. The van der Waals surface area contributed by atoms with Crippen LogP contribution in [0, 0.1) is 6.92 Å². The Morgan fingerprint density at radius 3 is 2.73 bits per heavy atom. The largest absolute Gasteiger partial charge is 0.482 e. The number of fused-ring (bicyclic) bond motifs is 1. The van der Waals surface area contributed by atoms with Crippen molar-refractivity contribution < 1.29 is 28.5 Å². The third kappa shape index (κ3) is 4.58. The molecule has 0 saturated heterocycles. The smallest absolute Gasteiger partial charge is 0.344 e. The van der Waals surface area contributed by atoms with Gasteiger partial charge in [-0.1, -0.05) is 11.6 Å². The van der Waals surface area contributed by atoms with Crippen LogP contribution in [0.1, 0.15) is 5.56 Å². The predicted octanol–water partition coefficient (Wildman–Crippen LogP) is 2.94. The van der Waals surface area contributed by atoms with Gasteiger partial charge in [0.1, 0.15) is 5.75 Å². The van der Waals surface area contributed by atoms with Crippen molar-refractivity contribution in [2.24, 2.45) is 0 Å². The van der Waals surface area contributed by atoms with Gasteiger partial charge >= 0.3 is 5.97 Å². The fourth-order valence-corrected chi connectivity index (χ4v) is 2.50. The summed E-state index contributed by atoms with van der Waals surface area (Å²) in [5.41, 5.74) is 1.31. The highest BCUT2D eigenvalue weighted by Gasteiger charge is 2.15. The molecule has 2 aromatic rings. The van der Waals surface area contributed by atoms with Crippen LogP contribution in [0.2, 0.25) is 5.02 Å². The zero-order valence-corrected chi connectivity index (χ0v) is 14.7. The lowest BCUT2D eigenvalue weighted by atomic mass is 10.2. The van der Waals surface area contributed by atoms with Gasteiger partial charge in [-0.2, -0.15) is 0 Å². The molecule has 1 aliphatic heterocycles. The highest BCUT2D eigenvalue weighted by Crippen LogP contribution is 2.34. The normalized spacial score (nSPS) is 11.8. The van der Waals surface area contributed by atoms with Gasteiger partial charge in [0, 0.05) is 16.8 Å².